The van der Waals surface area contributed by atoms with Gasteiger partial charge in [0.15, 0.2) is 10.7 Å². The van der Waals surface area contributed by atoms with E-state index in [9.17, 15) is 9.59 Å². The van der Waals surface area contributed by atoms with Crippen LogP contribution in [0, 0.1) is 6.92 Å². The summed E-state index contributed by atoms with van der Waals surface area (Å²) in [5.74, 6) is 0.220. The first kappa shape index (κ1) is 20.6. The van der Waals surface area contributed by atoms with Crippen LogP contribution in [-0.2, 0) is 17.9 Å². The fourth-order valence-corrected chi connectivity index (χ4v) is 4.47. The maximum absolute atomic E-state index is 12.9. The van der Waals surface area contributed by atoms with Crippen molar-refractivity contribution in [3.63, 3.8) is 0 Å². The Morgan fingerprint density at radius 3 is 2.79 bits per heavy atom. The quantitative estimate of drug-likeness (QED) is 0.416. The molecule has 0 saturated carbocycles. The van der Waals surface area contributed by atoms with Gasteiger partial charge in [0, 0.05) is 19.6 Å². The summed E-state index contributed by atoms with van der Waals surface area (Å²) in [5, 5.41) is 7.97. The van der Waals surface area contributed by atoms with Crippen LogP contribution in [0.1, 0.15) is 51.6 Å². The molecule has 0 bridgehead atoms. The number of allylic oxidation sites excluding steroid dienone is 1. The Kier molecular flexibility index (Phi) is 6.93. The molecule has 2 aromatic rings. The van der Waals surface area contributed by atoms with Crippen LogP contribution in [0.2, 0.25) is 0 Å². The fraction of sp³-hybridized carbons (Fsp3) is 0.600. The van der Waals surface area contributed by atoms with Gasteiger partial charge in [0.2, 0.25) is 5.91 Å². The topological polar surface area (TPSA) is 81.8 Å². The summed E-state index contributed by atoms with van der Waals surface area (Å²) >= 11 is 1.31. The number of aromatic nitrogens is 4. The predicted octanol–water partition coefficient (Wildman–Crippen LogP) is 3.04. The Bertz CT molecular complexity index is 944. The molecule has 0 fully saturated rings. The van der Waals surface area contributed by atoms with E-state index in [2.05, 4.69) is 21.5 Å². The van der Waals surface area contributed by atoms with Crippen molar-refractivity contribution in [2.75, 3.05) is 12.3 Å². The van der Waals surface area contributed by atoms with Gasteiger partial charge < -0.3 is 5.32 Å². The number of thioether (sulfide) groups is 1. The Morgan fingerprint density at radius 2 is 2.11 bits per heavy atom. The SMILES string of the molecule is CCn1c(SCC(=O)NCCC2=CCCCC2)nc2c(C)nn(CC)c2c1=O. The molecule has 7 nitrogen and oxygen atoms in total. The number of fused-ring (bicyclic) bond motifs is 1. The van der Waals surface area contributed by atoms with Crippen molar-refractivity contribution in [3.05, 3.63) is 27.7 Å². The molecule has 0 unspecified atom stereocenters. The maximum atomic E-state index is 12.9. The van der Waals surface area contributed by atoms with Crippen LogP contribution in [-0.4, -0.2) is 37.5 Å². The summed E-state index contributed by atoms with van der Waals surface area (Å²) in [6, 6.07) is 0. The molecule has 0 atom stereocenters. The molecule has 0 aliphatic heterocycles. The van der Waals surface area contributed by atoms with Crippen LogP contribution in [0.5, 0.6) is 0 Å². The van der Waals surface area contributed by atoms with E-state index in [1.807, 2.05) is 20.8 Å². The van der Waals surface area contributed by atoms with Gasteiger partial charge in [-0.05, 0) is 52.9 Å². The molecule has 28 heavy (non-hydrogen) atoms. The second kappa shape index (κ2) is 9.41. The molecule has 0 saturated heterocycles. The Morgan fingerprint density at radius 1 is 1.29 bits per heavy atom. The zero-order valence-electron chi connectivity index (χ0n) is 17.0. The number of carbonyl (C=O) groups is 1. The molecule has 1 N–H and O–H groups in total. The fourth-order valence-electron chi connectivity index (χ4n) is 3.58. The molecule has 2 heterocycles. The highest BCUT2D eigenvalue weighted by molar-refractivity contribution is 7.99. The van der Waals surface area contributed by atoms with Crippen molar-refractivity contribution in [2.24, 2.45) is 0 Å². The lowest BCUT2D eigenvalue weighted by molar-refractivity contribution is -0.118. The van der Waals surface area contributed by atoms with Gasteiger partial charge in [-0.25, -0.2) is 4.98 Å². The molecular formula is C20H29N5O2S. The summed E-state index contributed by atoms with van der Waals surface area (Å²) in [6.07, 6.45) is 8.09. The largest absolute Gasteiger partial charge is 0.355 e. The first-order chi connectivity index (χ1) is 13.5. The molecular weight excluding hydrogens is 374 g/mol. The highest BCUT2D eigenvalue weighted by Crippen LogP contribution is 2.21. The average Bonchev–Trinajstić information content (AvgIpc) is 3.03. The minimum absolute atomic E-state index is 0.0283. The molecule has 1 aliphatic carbocycles. The van der Waals surface area contributed by atoms with Crippen molar-refractivity contribution >= 4 is 28.7 Å². The lowest BCUT2D eigenvalue weighted by Gasteiger charge is -2.13. The van der Waals surface area contributed by atoms with E-state index in [0.29, 0.717) is 35.8 Å². The number of nitrogens with zero attached hydrogens (tertiary/aromatic N) is 4. The van der Waals surface area contributed by atoms with Gasteiger partial charge in [0.1, 0.15) is 5.52 Å². The number of rotatable bonds is 8. The minimum atomic E-state index is -0.0953. The monoisotopic (exact) mass is 403 g/mol. The van der Waals surface area contributed by atoms with Crippen LogP contribution < -0.4 is 10.9 Å². The molecule has 0 radical (unpaired) electrons. The Balaban J connectivity index is 1.66. The van der Waals surface area contributed by atoms with E-state index >= 15 is 0 Å². The van der Waals surface area contributed by atoms with Crippen molar-refractivity contribution in [3.8, 4) is 0 Å². The van der Waals surface area contributed by atoms with Crippen molar-refractivity contribution in [2.45, 2.75) is 71.1 Å². The number of nitrogens with one attached hydrogen (secondary N) is 1. The standard InChI is InChI=1S/C20H29N5O2S/c1-4-24-19(27)18-17(14(3)23-25(18)5-2)22-20(24)28-13-16(26)21-12-11-15-9-7-6-8-10-15/h9H,4-8,10-13H2,1-3H3,(H,21,26). The van der Waals surface area contributed by atoms with Gasteiger partial charge in [-0.1, -0.05) is 23.4 Å². The minimum Gasteiger partial charge on any atom is -0.355 e. The van der Waals surface area contributed by atoms with E-state index < -0.39 is 0 Å². The van der Waals surface area contributed by atoms with Crippen LogP contribution in [0.15, 0.2) is 21.6 Å². The Labute approximate surface area is 169 Å². The van der Waals surface area contributed by atoms with E-state index in [-0.39, 0.29) is 17.2 Å². The smallest absolute Gasteiger partial charge is 0.280 e. The number of carbonyl (C=O) groups excluding carboxylic acids is 1. The first-order valence-electron chi connectivity index (χ1n) is 10.1. The molecule has 3 rings (SSSR count). The lowest BCUT2D eigenvalue weighted by atomic mass is 9.97. The average molecular weight is 404 g/mol. The van der Waals surface area contributed by atoms with Crippen molar-refractivity contribution < 1.29 is 4.79 Å². The molecule has 8 heteroatoms. The van der Waals surface area contributed by atoms with Crippen LogP contribution >= 0.6 is 11.8 Å². The third-order valence-electron chi connectivity index (χ3n) is 5.08. The molecule has 1 aliphatic rings. The van der Waals surface area contributed by atoms with Crippen LogP contribution in [0.3, 0.4) is 0 Å². The van der Waals surface area contributed by atoms with E-state index in [1.54, 1.807) is 9.25 Å². The summed E-state index contributed by atoms with van der Waals surface area (Å²) in [5.41, 5.74) is 3.26. The number of hydrogen-bond donors (Lipinski definition) is 1. The van der Waals surface area contributed by atoms with Gasteiger partial charge in [0.25, 0.3) is 5.56 Å². The zero-order chi connectivity index (χ0) is 20.1. The zero-order valence-corrected chi connectivity index (χ0v) is 17.8. The van der Waals surface area contributed by atoms with Gasteiger partial charge in [0.05, 0.1) is 11.4 Å². The summed E-state index contributed by atoms with van der Waals surface area (Å²) < 4.78 is 3.33. The second-order valence-corrected chi connectivity index (χ2v) is 7.98. The number of hydrogen-bond acceptors (Lipinski definition) is 5. The van der Waals surface area contributed by atoms with Gasteiger partial charge >= 0.3 is 0 Å². The van der Waals surface area contributed by atoms with E-state index in [0.717, 1.165) is 25.0 Å². The van der Waals surface area contributed by atoms with Crippen LogP contribution in [0.4, 0.5) is 0 Å². The lowest BCUT2D eigenvalue weighted by Crippen LogP contribution is -2.28. The summed E-state index contributed by atoms with van der Waals surface area (Å²) in [4.78, 5) is 29.8. The maximum Gasteiger partial charge on any atom is 0.280 e. The highest BCUT2D eigenvalue weighted by atomic mass is 32.2. The first-order valence-corrected chi connectivity index (χ1v) is 11.1. The predicted molar refractivity (Wildman–Crippen MR) is 113 cm³/mol. The van der Waals surface area contributed by atoms with Crippen molar-refractivity contribution in [1.29, 1.82) is 0 Å². The summed E-state index contributed by atoms with van der Waals surface area (Å²) in [6.45, 7) is 7.53. The van der Waals surface area contributed by atoms with E-state index in [4.69, 9.17) is 0 Å². The second-order valence-electron chi connectivity index (χ2n) is 7.04. The molecule has 0 aromatic carbocycles. The molecule has 0 spiro atoms. The Hall–Kier alpha value is -2.09. The number of aryl methyl sites for hydroxylation is 2. The third-order valence-corrected chi connectivity index (χ3v) is 6.06. The van der Waals surface area contributed by atoms with E-state index in [1.165, 1.54) is 30.2 Å². The number of amides is 1. The van der Waals surface area contributed by atoms with Gasteiger partial charge in [-0.2, -0.15) is 5.10 Å². The molecule has 1 amide bonds. The van der Waals surface area contributed by atoms with Gasteiger partial charge in [-0.15, -0.1) is 0 Å². The highest BCUT2D eigenvalue weighted by Gasteiger charge is 2.18. The van der Waals surface area contributed by atoms with Crippen LogP contribution in [0.25, 0.3) is 11.0 Å². The third kappa shape index (κ3) is 4.48. The molecule has 2 aromatic heterocycles. The molecule has 152 valence electrons. The van der Waals surface area contributed by atoms with Gasteiger partial charge in [-0.3, -0.25) is 18.8 Å². The normalized spacial score (nSPS) is 14.3. The summed E-state index contributed by atoms with van der Waals surface area (Å²) in [7, 11) is 0. The van der Waals surface area contributed by atoms with Crippen molar-refractivity contribution in [1.82, 2.24) is 24.6 Å².